The molecule has 1 N–H and O–H groups in total. The van der Waals surface area contributed by atoms with Crippen LogP contribution in [0, 0.1) is 17.0 Å². The monoisotopic (exact) mass is 337 g/mol. The first kappa shape index (κ1) is 14.5. The predicted octanol–water partition coefficient (Wildman–Crippen LogP) is 3.95. The van der Waals surface area contributed by atoms with Crippen molar-refractivity contribution >= 4 is 21.6 Å². The molecule has 0 aliphatic heterocycles. The summed E-state index contributed by atoms with van der Waals surface area (Å²) in [4.78, 5) is 10.5. The van der Waals surface area contributed by atoms with E-state index in [2.05, 4.69) is 15.9 Å². The van der Waals surface area contributed by atoms with E-state index in [0.717, 1.165) is 5.56 Å². The number of rotatable bonds is 4. The van der Waals surface area contributed by atoms with Gasteiger partial charge < -0.3 is 9.84 Å². The molecule has 20 heavy (non-hydrogen) atoms. The Morgan fingerprint density at radius 1 is 1.35 bits per heavy atom. The lowest BCUT2D eigenvalue weighted by atomic mass is 10.2. The SMILES string of the molecule is Cc1cccc([N+](=O)[O-])c1Oc1ccc(CO)c(Br)c1. The topological polar surface area (TPSA) is 72.6 Å². The number of nitro benzene ring substituents is 1. The molecule has 0 aliphatic rings. The summed E-state index contributed by atoms with van der Waals surface area (Å²) < 4.78 is 6.32. The van der Waals surface area contributed by atoms with Crippen LogP contribution < -0.4 is 4.74 Å². The van der Waals surface area contributed by atoms with Gasteiger partial charge >= 0.3 is 5.69 Å². The van der Waals surface area contributed by atoms with Crippen molar-refractivity contribution in [1.82, 2.24) is 0 Å². The second-order valence-corrected chi connectivity index (χ2v) is 5.05. The van der Waals surface area contributed by atoms with Crippen LogP contribution in [0.1, 0.15) is 11.1 Å². The van der Waals surface area contributed by atoms with Gasteiger partial charge in [0.1, 0.15) is 5.75 Å². The fraction of sp³-hybridized carbons (Fsp3) is 0.143. The highest BCUT2D eigenvalue weighted by atomic mass is 79.9. The Morgan fingerprint density at radius 3 is 2.70 bits per heavy atom. The molecule has 0 amide bonds. The van der Waals surface area contributed by atoms with E-state index in [4.69, 9.17) is 9.84 Å². The van der Waals surface area contributed by atoms with Gasteiger partial charge in [-0.15, -0.1) is 0 Å². The molecular weight excluding hydrogens is 326 g/mol. The first-order valence-corrected chi connectivity index (χ1v) is 6.63. The van der Waals surface area contributed by atoms with E-state index < -0.39 is 4.92 Å². The van der Waals surface area contributed by atoms with Crippen LogP contribution in [-0.2, 0) is 6.61 Å². The van der Waals surface area contributed by atoms with Crippen LogP contribution in [0.25, 0.3) is 0 Å². The van der Waals surface area contributed by atoms with Crippen molar-refractivity contribution < 1.29 is 14.8 Å². The largest absolute Gasteiger partial charge is 0.450 e. The molecule has 0 saturated heterocycles. The van der Waals surface area contributed by atoms with Crippen LogP contribution in [-0.4, -0.2) is 10.0 Å². The molecule has 0 saturated carbocycles. The second-order valence-electron chi connectivity index (χ2n) is 4.19. The minimum absolute atomic E-state index is 0.0765. The number of para-hydroxylation sites is 1. The Balaban J connectivity index is 2.39. The maximum absolute atomic E-state index is 11.0. The van der Waals surface area contributed by atoms with E-state index >= 15 is 0 Å². The van der Waals surface area contributed by atoms with Crippen molar-refractivity contribution in [3.63, 3.8) is 0 Å². The molecule has 0 radical (unpaired) electrons. The van der Waals surface area contributed by atoms with E-state index in [0.29, 0.717) is 15.8 Å². The zero-order valence-electron chi connectivity index (χ0n) is 10.7. The van der Waals surface area contributed by atoms with E-state index in [9.17, 15) is 10.1 Å². The Kier molecular flexibility index (Phi) is 4.36. The van der Waals surface area contributed by atoms with Gasteiger partial charge in [-0.25, -0.2) is 0 Å². The number of halogens is 1. The molecule has 0 bridgehead atoms. The lowest BCUT2D eigenvalue weighted by molar-refractivity contribution is -0.385. The summed E-state index contributed by atoms with van der Waals surface area (Å²) in [5.41, 5.74) is 1.32. The maximum atomic E-state index is 11.0. The molecule has 0 aliphatic carbocycles. The Morgan fingerprint density at radius 2 is 2.10 bits per heavy atom. The average molecular weight is 338 g/mol. The van der Waals surface area contributed by atoms with Gasteiger partial charge in [0.2, 0.25) is 5.75 Å². The highest BCUT2D eigenvalue weighted by Gasteiger charge is 2.18. The second kappa shape index (κ2) is 6.02. The Labute approximate surface area is 124 Å². The summed E-state index contributed by atoms with van der Waals surface area (Å²) >= 11 is 3.31. The van der Waals surface area contributed by atoms with Crippen molar-refractivity contribution in [2.24, 2.45) is 0 Å². The summed E-state index contributed by atoms with van der Waals surface area (Å²) in [6.07, 6.45) is 0. The number of hydrogen-bond acceptors (Lipinski definition) is 4. The summed E-state index contributed by atoms with van der Waals surface area (Å²) in [7, 11) is 0. The van der Waals surface area contributed by atoms with Crippen LogP contribution in [0.2, 0.25) is 0 Å². The van der Waals surface area contributed by atoms with Gasteiger partial charge in [-0.3, -0.25) is 10.1 Å². The molecule has 6 heteroatoms. The quantitative estimate of drug-likeness (QED) is 0.677. The summed E-state index contributed by atoms with van der Waals surface area (Å²) in [5.74, 6) is 0.688. The highest BCUT2D eigenvalue weighted by molar-refractivity contribution is 9.10. The molecule has 0 atom stereocenters. The molecule has 2 rings (SSSR count). The highest BCUT2D eigenvalue weighted by Crippen LogP contribution is 2.35. The zero-order valence-corrected chi connectivity index (χ0v) is 12.3. The van der Waals surface area contributed by atoms with E-state index in [-0.39, 0.29) is 18.0 Å². The molecule has 0 heterocycles. The number of aliphatic hydroxyl groups is 1. The minimum atomic E-state index is -0.473. The summed E-state index contributed by atoms with van der Waals surface area (Å²) in [6.45, 7) is 1.66. The molecule has 2 aromatic rings. The summed E-state index contributed by atoms with van der Waals surface area (Å²) in [6, 6.07) is 9.79. The molecule has 0 unspecified atom stereocenters. The van der Waals surface area contributed by atoms with Crippen molar-refractivity contribution in [3.8, 4) is 11.5 Å². The first-order chi connectivity index (χ1) is 9.52. The standard InChI is InChI=1S/C14H12BrNO4/c1-9-3-2-4-13(16(18)19)14(9)20-11-6-5-10(8-17)12(15)7-11/h2-7,17H,8H2,1H3. The van der Waals surface area contributed by atoms with E-state index in [1.54, 1.807) is 37.3 Å². The molecule has 0 spiro atoms. The first-order valence-electron chi connectivity index (χ1n) is 5.84. The smallest absolute Gasteiger partial charge is 0.311 e. The van der Waals surface area contributed by atoms with Crippen molar-refractivity contribution in [1.29, 1.82) is 0 Å². The van der Waals surface area contributed by atoms with Crippen LogP contribution in [0.5, 0.6) is 11.5 Å². The number of benzene rings is 2. The van der Waals surface area contributed by atoms with Crippen LogP contribution in [0.4, 0.5) is 5.69 Å². The summed E-state index contributed by atoms with van der Waals surface area (Å²) in [5, 5.41) is 20.1. The van der Waals surface area contributed by atoms with Gasteiger partial charge in [-0.2, -0.15) is 0 Å². The number of aryl methyl sites for hydroxylation is 1. The fourth-order valence-corrected chi connectivity index (χ4v) is 2.23. The van der Waals surface area contributed by atoms with Crippen molar-refractivity contribution in [2.45, 2.75) is 13.5 Å². The molecule has 5 nitrogen and oxygen atoms in total. The lowest BCUT2D eigenvalue weighted by Crippen LogP contribution is -1.96. The number of nitrogens with zero attached hydrogens (tertiary/aromatic N) is 1. The van der Waals surface area contributed by atoms with Crippen LogP contribution in [0.15, 0.2) is 40.9 Å². The van der Waals surface area contributed by atoms with Gasteiger partial charge in [0.15, 0.2) is 0 Å². The molecule has 0 aromatic heterocycles. The van der Waals surface area contributed by atoms with Gasteiger partial charge in [0, 0.05) is 10.5 Å². The third kappa shape index (κ3) is 2.97. The Bertz CT molecular complexity index is 658. The molecule has 104 valence electrons. The Hall–Kier alpha value is -1.92. The predicted molar refractivity (Wildman–Crippen MR) is 78.0 cm³/mol. The number of ether oxygens (including phenoxy) is 1. The maximum Gasteiger partial charge on any atom is 0.311 e. The fourth-order valence-electron chi connectivity index (χ4n) is 1.75. The van der Waals surface area contributed by atoms with Gasteiger partial charge in [-0.05, 0) is 30.2 Å². The van der Waals surface area contributed by atoms with Gasteiger partial charge in [0.25, 0.3) is 0 Å². The van der Waals surface area contributed by atoms with Crippen LogP contribution >= 0.6 is 15.9 Å². The normalized spacial score (nSPS) is 10.3. The third-order valence-corrected chi connectivity index (χ3v) is 3.54. The van der Waals surface area contributed by atoms with Crippen molar-refractivity contribution in [3.05, 3.63) is 62.1 Å². The lowest BCUT2D eigenvalue weighted by Gasteiger charge is -2.10. The molecular formula is C14H12BrNO4. The zero-order chi connectivity index (χ0) is 14.7. The minimum Gasteiger partial charge on any atom is -0.450 e. The third-order valence-electron chi connectivity index (χ3n) is 2.80. The van der Waals surface area contributed by atoms with Gasteiger partial charge in [0.05, 0.1) is 11.5 Å². The van der Waals surface area contributed by atoms with E-state index in [1.807, 2.05) is 0 Å². The number of aliphatic hydroxyl groups excluding tert-OH is 1. The number of nitro groups is 1. The van der Waals surface area contributed by atoms with Crippen LogP contribution in [0.3, 0.4) is 0 Å². The average Bonchev–Trinajstić information content (AvgIpc) is 2.41. The number of hydrogen-bond donors (Lipinski definition) is 1. The molecule has 2 aromatic carbocycles. The molecule has 0 fully saturated rings. The van der Waals surface area contributed by atoms with Crippen molar-refractivity contribution in [2.75, 3.05) is 0 Å². The van der Waals surface area contributed by atoms with E-state index in [1.165, 1.54) is 6.07 Å². The van der Waals surface area contributed by atoms with Gasteiger partial charge in [-0.1, -0.05) is 34.1 Å².